The van der Waals surface area contributed by atoms with Crippen molar-refractivity contribution >= 4 is 29.1 Å². The maximum absolute atomic E-state index is 12.4. The molecule has 0 aromatic heterocycles. The van der Waals surface area contributed by atoms with Crippen molar-refractivity contribution in [1.29, 1.82) is 0 Å². The van der Waals surface area contributed by atoms with Gasteiger partial charge in [-0.25, -0.2) is 0 Å². The Hall–Kier alpha value is -3.39. The number of amides is 3. The number of hydrogen-bond donors (Lipinski definition) is 3. The molecule has 3 aliphatic rings. The first-order valence-corrected chi connectivity index (χ1v) is 12.5. The van der Waals surface area contributed by atoms with Crippen molar-refractivity contribution in [2.75, 3.05) is 29.9 Å². The topological polar surface area (TPSA) is 93.8 Å². The Morgan fingerprint density at radius 2 is 1.86 bits per heavy atom. The van der Waals surface area contributed by atoms with Gasteiger partial charge in [-0.2, -0.15) is 0 Å². The predicted octanol–water partition coefficient (Wildman–Crippen LogP) is 2.44. The van der Waals surface area contributed by atoms with E-state index in [4.69, 9.17) is 0 Å². The normalized spacial score (nSPS) is 20.0. The van der Waals surface area contributed by atoms with Gasteiger partial charge in [0.05, 0.1) is 12.6 Å². The van der Waals surface area contributed by atoms with Crippen LogP contribution in [0, 0.1) is 6.92 Å². The lowest BCUT2D eigenvalue weighted by Crippen LogP contribution is -2.50. The minimum absolute atomic E-state index is 0.0584. The van der Waals surface area contributed by atoms with Crippen molar-refractivity contribution in [2.45, 2.75) is 58.3 Å². The van der Waals surface area contributed by atoms with E-state index in [0.717, 1.165) is 24.3 Å². The van der Waals surface area contributed by atoms with Gasteiger partial charge in [0.2, 0.25) is 17.7 Å². The van der Waals surface area contributed by atoms with E-state index in [1.165, 1.54) is 35.2 Å². The van der Waals surface area contributed by atoms with Gasteiger partial charge in [-0.05, 0) is 66.6 Å². The molecule has 8 heteroatoms. The van der Waals surface area contributed by atoms with Crippen molar-refractivity contribution in [3.63, 3.8) is 0 Å². The smallest absolute Gasteiger partial charge is 0.243 e. The van der Waals surface area contributed by atoms with Crippen molar-refractivity contribution in [3.8, 4) is 0 Å². The zero-order chi connectivity index (χ0) is 24.4. The molecule has 8 nitrogen and oxygen atoms in total. The quantitative estimate of drug-likeness (QED) is 0.533. The third kappa shape index (κ3) is 5.32. The summed E-state index contributed by atoms with van der Waals surface area (Å²) in [5, 5.41) is 8.67. The lowest BCUT2D eigenvalue weighted by atomic mass is 10.0. The van der Waals surface area contributed by atoms with Gasteiger partial charge in [0.25, 0.3) is 0 Å². The minimum Gasteiger partial charge on any atom is -0.376 e. The lowest BCUT2D eigenvalue weighted by Gasteiger charge is -2.29. The van der Waals surface area contributed by atoms with E-state index in [9.17, 15) is 14.4 Å². The van der Waals surface area contributed by atoms with Gasteiger partial charge in [-0.15, -0.1) is 0 Å². The first-order chi connectivity index (χ1) is 17.0. The second-order valence-corrected chi connectivity index (χ2v) is 9.80. The molecule has 3 amide bonds. The van der Waals surface area contributed by atoms with Crippen molar-refractivity contribution in [3.05, 3.63) is 58.7 Å². The van der Waals surface area contributed by atoms with E-state index >= 15 is 0 Å². The van der Waals surface area contributed by atoms with Gasteiger partial charge in [-0.3, -0.25) is 24.6 Å². The van der Waals surface area contributed by atoms with Crippen LogP contribution in [0.5, 0.6) is 0 Å². The Labute approximate surface area is 206 Å². The summed E-state index contributed by atoms with van der Waals surface area (Å²) in [4.78, 5) is 40.6. The van der Waals surface area contributed by atoms with Crippen LogP contribution >= 0.6 is 0 Å². The monoisotopic (exact) mass is 475 g/mol. The van der Waals surface area contributed by atoms with Crippen LogP contribution in [0.25, 0.3) is 0 Å². The second-order valence-electron chi connectivity index (χ2n) is 9.80. The highest BCUT2D eigenvalue weighted by Gasteiger charge is 2.34. The summed E-state index contributed by atoms with van der Waals surface area (Å²) in [5.41, 5.74) is 6.86. The standard InChI is InChI=1S/C27H33N5O3/c1-18-12-22(6-7-23(18)31-10-2-3-11-31)28-15-26(34)29-14-19-4-5-20-16-32(17-21(20)13-19)24-8-9-25(33)30-27(24)35/h4-7,12-13,24,28H,2-3,8-11,14-17H2,1H3,(H,29,34)(H,30,33,35). The number of carbonyl (C=O) groups excluding carboxylic acids is 3. The molecule has 2 saturated heterocycles. The van der Waals surface area contributed by atoms with E-state index in [1.54, 1.807) is 0 Å². The fourth-order valence-corrected chi connectivity index (χ4v) is 5.36. The average Bonchev–Trinajstić information content (AvgIpc) is 3.51. The number of piperidine rings is 1. The molecule has 3 aliphatic heterocycles. The predicted molar refractivity (Wildman–Crippen MR) is 135 cm³/mol. The fraction of sp³-hybridized carbons (Fsp3) is 0.444. The Balaban J connectivity index is 1.10. The van der Waals surface area contributed by atoms with Crippen LogP contribution in [0.2, 0.25) is 0 Å². The number of aryl methyl sites for hydroxylation is 1. The molecule has 3 heterocycles. The fourth-order valence-electron chi connectivity index (χ4n) is 5.36. The summed E-state index contributed by atoms with van der Waals surface area (Å²) in [7, 11) is 0. The number of nitrogens with one attached hydrogen (secondary N) is 3. The van der Waals surface area contributed by atoms with E-state index in [1.807, 2.05) is 12.1 Å². The highest BCUT2D eigenvalue weighted by molar-refractivity contribution is 6.00. The number of hydrogen-bond acceptors (Lipinski definition) is 6. The van der Waals surface area contributed by atoms with Gasteiger partial charge >= 0.3 is 0 Å². The highest BCUT2D eigenvalue weighted by Crippen LogP contribution is 2.28. The molecule has 5 rings (SSSR count). The molecule has 2 aromatic rings. The van der Waals surface area contributed by atoms with E-state index < -0.39 is 0 Å². The Kier molecular flexibility index (Phi) is 6.72. The van der Waals surface area contributed by atoms with Gasteiger partial charge in [0.15, 0.2) is 0 Å². The molecule has 1 unspecified atom stereocenters. The molecule has 2 aromatic carbocycles. The van der Waals surface area contributed by atoms with Crippen LogP contribution in [0.15, 0.2) is 36.4 Å². The maximum atomic E-state index is 12.4. The van der Waals surface area contributed by atoms with E-state index in [2.05, 4.69) is 56.9 Å². The largest absolute Gasteiger partial charge is 0.376 e. The minimum atomic E-state index is -0.262. The third-order valence-electron chi connectivity index (χ3n) is 7.25. The molecular weight excluding hydrogens is 442 g/mol. The van der Waals surface area contributed by atoms with Gasteiger partial charge in [-0.1, -0.05) is 18.2 Å². The number of fused-ring (bicyclic) bond motifs is 1. The summed E-state index contributed by atoms with van der Waals surface area (Å²) >= 11 is 0. The van der Waals surface area contributed by atoms with Gasteiger partial charge in [0, 0.05) is 50.5 Å². The Morgan fingerprint density at radius 1 is 1.06 bits per heavy atom. The zero-order valence-corrected chi connectivity index (χ0v) is 20.2. The Bertz CT molecular complexity index is 1140. The summed E-state index contributed by atoms with van der Waals surface area (Å²) in [6, 6.07) is 12.2. The number of carbonyl (C=O) groups is 3. The number of rotatable bonds is 7. The van der Waals surface area contributed by atoms with E-state index in [-0.39, 0.29) is 30.3 Å². The third-order valence-corrected chi connectivity index (χ3v) is 7.25. The summed E-state index contributed by atoms with van der Waals surface area (Å²) < 4.78 is 0. The van der Waals surface area contributed by atoms with E-state index in [0.29, 0.717) is 32.5 Å². The molecular formula is C27H33N5O3. The highest BCUT2D eigenvalue weighted by atomic mass is 16.2. The molecule has 0 spiro atoms. The number of anilines is 2. The molecule has 35 heavy (non-hydrogen) atoms. The van der Waals surface area contributed by atoms with Crippen LogP contribution in [-0.4, -0.2) is 48.3 Å². The summed E-state index contributed by atoms with van der Waals surface area (Å²) in [5.74, 6) is -0.448. The first-order valence-electron chi connectivity index (χ1n) is 12.5. The van der Waals surface area contributed by atoms with Gasteiger partial charge < -0.3 is 15.5 Å². The molecule has 0 bridgehead atoms. The Morgan fingerprint density at radius 3 is 2.63 bits per heavy atom. The van der Waals surface area contributed by atoms with Crippen LogP contribution in [0.1, 0.15) is 47.9 Å². The van der Waals surface area contributed by atoms with Crippen molar-refractivity contribution in [1.82, 2.24) is 15.5 Å². The first kappa shape index (κ1) is 23.4. The molecule has 0 aliphatic carbocycles. The van der Waals surface area contributed by atoms with Crippen LogP contribution in [-0.2, 0) is 34.0 Å². The lowest BCUT2D eigenvalue weighted by molar-refractivity contribution is -0.137. The van der Waals surface area contributed by atoms with Crippen molar-refractivity contribution in [2.24, 2.45) is 0 Å². The van der Waals surface area contributed by atoms with Crippen LogP contribution in [0.3, 0.4) is 0 Å². The maximum Gasteiger partial charge on any atom is 0.243 e. The van der Waals surface area contributed by atoms with Crippen molar-refractivity contribution < 1.29 is 14.4 Å². The zero-order valence-electron chi connectivity index (χ0n) is 20.2. The van der Waals surface area contributed by atoms with Crippen LogP contribution < -0.4 is 20.9 Å². The SMILES string of the molecule is Cc1cc(NCC(=O)NCc2ccc3c(c2)CN(C2CCC(=O)NC2=O)C3)ccc1N1CCCC1. The van der Waals surface area contributed by atoms with Crippen LogP contribution in [0.4, 0.5) is 11.4 Å². The number of nitrogens with zero attached hydrogens (tertiary/aromatic N) is 2. The summed E-state index contributed by atoms with van der Waals surface area (Å²) in [6.07, 6.45) is 3.45. The summed E-state index contributed by atoms with van der Waals surface area (Å²) in [6.45, 7) is 6.41. The van der Waals surface area contributed by atoms with Gasteiger partial charge in [0.1, 0.15) is 0 Å². The molecule has 0 radical (unpaired) electrons. The number of imide groups is 1. The molecule has 2 fully saturated rings. The molecule has 184 valence electrons. The molecule has 1 atom stereocenters. The number of benzene rings is 2. The molecule has 0 saturated carbocycles. The average molecular weight is 476 g/mol. The molecule has 3 N–H and O–H groups in total. The second kappa shape index (κ2) is 10.1.